The molecular weight excluding hydrogens is 294 g/mol. The number of carboxylic acids is 1. The summed E-state index contributed by atoms with van der Waals surface area (Å²) < 4.78 is 31.9. The number of hydrogen-bond donors (Lipinski definition) is 2. The average molecular weight is 315 g/mol. The summed E-state index contributed by atoms with van der Waals surface area (Å²) in [5.41, 5.74) is 0.663. The maximum Gasteiger partial charge on any atom is 0.322 e. The van der Waals surface area contributed by atoms with Crippen LogP contribution in [0.15, 0.2) is 23.1 Å². The molecule has 0 aliphatic rings. The predicted molar refractivity (Wildman–Crippen MR) is 78.9 cm³/mol. The van der Waals surface area contributed by atoms with Crippen LogP contribution in [0.4, 0.5) is 0 Å². The zero-order valence-electron chi connectivity index (χ0n) is 12.6. The smallest absolute Gasteiger partial charge is 0.322 e. The highest BCUT2D eigenvalue weighted by Gasteiger charge is 2.29. The molecule has 7 heteroatoms. The normalized spacial score (nSPS) is 14.5. The molecule has 0 amide bonds. The third-order valence-electron chi connectivity index (χ3n) is 3.44. The molecule has 0 saturated heterocycles. The maximum atomic E-state index is 12.3. The fraction of sp³-hybridized carbons (Fsp3) is 0.500. The van der Waals surface area contributed by atoms with E-state index in [0.29, 0.717) is 17.7 Å². The van der Waals surface area contributed by atoms with Gasteiger partial charge in [0.2, 0.25) is 10.0 Å². The van der Waals surface area contributed by atoms with Gasteiger partial charge < -0.3 is 9.84 Å². The highest BCUT2D eigenvalue weighted by molar-refractivity contribution is 7.89. The van der Waals surface area contributed by atoms with Crippen LogP contribution in [0.25, 0.3) is 0 Å². The van der Waals surface area contributed by atoms with E-state index in [1.54, 1.807) is 19.9 Å². The van der Waals surface area contributed by atoms with Gasteiger partial charge in [-0.15, -0.1) is 0 Å². The first-order chi connectivity index (χ1) is 9.72. The molecule has 2 N–H and O–H groups in total. The van der Waals surface area contributed by atoms with Gasteiger partial charge in [-0.2, -0.15) is 4.72 Å². The van der Waals surface area contributed by atoms with Crippen LogP contribution < -0.4 is 9.46 Å². The van der Waals surface area contributed by atoms with Crippen LogP contribution in [0.3, 0.4) is 0 Å². The molecule has 1 aromatic rings. The number of carbonyl (C=O) groups is 1. The number of benzene rings is 1. The van der Waals surface area contributed by atoms with Gasteiger partial charge in [0.1, 0.15) is 11.8 Å². The minimum Gasteiger partial charge on any atom is -0.496 e. The molecular formula is C14H21NO5S. The van der Waals surface area contributed by atoms with Crippen LogP contribution in [0.5, 0.6) is 5.75 Å². The van der Waals surface area contributed by atoms with Crippen LogP contribution in [-0.2, 0) is 14.8 Å². The van der Waals surface area contributed by atoms with E-state index < -0.39 is 22.0 Å². The van der Waals surface area contributed by atoms with Crippen molar-refractivity contribution in [2.45, 2.75) is 38.1 Å². The van der Waals surface area contributed by atoms with Crippen LogP contribution in [-0.4, -0.2) is 32.6 Å². The Bertz CT molecular complexity index is 612. The van der Waals surface area contributed by atoms with E-state index in [1.807, 2.05) is 6.92 Å². The van der Waals surface area contributed by atoms with Crippen LogP contribution >= 0.6 is 0 Å². The number of aryl methyl sites for hydroxylation is 1. The Balaban J connectivity index is 3.10. The average Bonchev–Trinajstić information content (AvgIpc) is 2.43. The summed E-state index contributed by atoms with van der Waals surface area (Å²) in [6.07, 6.45) is 0.557. The number of aliphatic carboxylic acids is 1. The highest BCUT2D eigenvalue weighted by atomic mass is 32.2. The van der Waals surface area contributed by atoms with Gasteiger partial charge in [0.25, 0.3) is 0 Å². The van der Waals surface area contributed by atoms with Gasteiger partial charge in [0.05, 0.1) is 12.0 Å². The lowest BCUT2D eigenvalue weighted by Gasteiger charge is -2.20. The highest BCUT2D eigenvalue weighted by Crippen LogP contribution is 2.22. The first-order valence-electron chi connectivity index (χ1n) is 6.62. The maximum absolute atomic E-state index is 12.3. The standard InChI is InChI=1S/C14H21NO5S/c1-5-9(2)13(14(16)17)15-21(18,19)11-6-7-12(20-4)10(3)8-11/h6-9,13,15H,5H2,1-4H3,(H,16,17)/t9-,13-/m0/s1. The molecule has 0 aliphatic carbocycles. The van der Waals surface area contributed by atoms with Crippen molar-refractivity contribution in [1.82, 2.24) is 4.72 Å². The molecule has 0 fully saturated rings. The van der Waals surface area contributed by atoms with E-state index >= 15 is 0 Å². The Morgan fingerprint density at radius 2 is 2.05 bits per heavy atom. The van der Waals surface area contributed by atoms with Crippen molar-refractivity contribution in [3.8, 4) is 5.75 Å². The summed E-state index contributed by atoms with van der Waals surface area (Å²) in [4.78, 5) is 11.3. The van der Waals surface area contributed by atoms with Crippen molar-refractivity contribution >= 4 is 16.0 Å². The van der Waals surface area contributed by atoms with Crippen LogP contribution in [0.1, 0.15) is 25.8 Å². The van der Waals surface area contributed by atoms with Crippen LogP contribution in [0, 0.1) is 12.8 Å². The third-order valence-corrected chi connectivity index (χ3v) is 4.88. The Labute approximate surface area is 125 Å². The molecule has 1 aromatic carbocycles. The number of hydrogen-bond acceptors (Lipinski definition) is 4. The second-order valence-corrected chi connectivity index (χ2v) is 6.67. The SMILES string of the molecule is CC[C@H](C)[C@H](NS(=O)(=O)c1ccc(OC)c(C)c1)C(=O)O. The lowest BCUT2D eigenvalue weighted by atomic mass is 10.0. The fourth-order valence-corrected chi connectivity index (χ4v) is 3.28. The summed E-state index contributed by atoms with van der Waals surface area (Å²) in [6, 6.07) is 3.24. The van der Waals surface area contributed by atoms with E-state index in [9.17, 15) is 18.3 Å². The molecule has 118 valence electrons. The Kier molecular flexibility index (Phi) is 5.74. The minimum absolute atomic E-state index is 0.0235. The first kappa shape index (κ1) is 17.5. The molecule has 0 saturated carbocycles. The molecule has 0 aliphatic heterocycles. The second kappa shape index (κ2) is 6.91. The van der Waals surface area contributed by atoms with E-state index in [2.05, 4.69) is 4.72 Å². The van der Waals surface area contributed by atoms with Gasteiger partial charge in [-0.05, 0) is 36.6 Å². The molecule has 0 heterocycles. The van der Waals surface area contributed by atoms with Crippen molar-refractivity contribution in [3.05, 3.63) is 23.8 Å². The Morgan fingerprint density at radius 3 is 2.48 bits per heavy atom. The number of carboxylic acid groups (broad SMARTS) is 1. The van der Waals surface area contributed by atoms with Crippen molar-refractivity contribution in [2.75, 3.05) is 7.11 Å². The molecule has 21 heavy (non-hydrogen) atoms. The summed E-state index contributed by atoms with van der Waals surface area (Å²) in [5, 5.41) is 9.17. The van der Waals surface area contributed by atoms with Gasteiger partial charge in [0.15, 0.2) is 0 Å². The lowest BCUT2D eigenvalue weighted by molar-refractivity contribution is -0.140. The van der Waals surface area contributed by atoms with Crippen molar-refractivity contribution < 1.29 is 23.1 Å². The van der Waals surface area contributed by atoms with E-state index in [0.717, 1.165) is 0 Å². The summed E-state index contributed by atoms with van der Waals surface area (Å²) in [7, 11) is -2.40. The predicted octanol–water partition coefficient (Wildman–Crippen LogP) is 1.78. The molecule has 1 rings (SSSR count). The van der Waals surface area contributed by atoms with Gasteiger partial charge in [0, 0.05) is 0 Å². The molecule has 6 nitrogen and oxygen atoms in total. The topological polar surface area (TPSA) is 92.7 Å². The zero-order chi connectivity index (χ0) is 16.2. The minimum atomic E-state index is -3.89. The number of methoxy groups -OCH3 is 1. The summed E-state index contributed by atoms with van der Waals surface area (Å²) in [6.45, 7) is 5.23. The number of nitrogens with one attached hydrogen (secondary N) is 1. The molecule has 0 aromatic heterocycles. The number of rotatable bonds is 7. The largest absolute Gasteiger partial charge is 0.496 e. The second-order valence-electron chi connectivity index (χ2n) is 4.95. The molecule has 0 unspecified atom stereocenters. The lowest BCUT2D eigenvalue weighted by Crippen LogP contribution is -2.44. The molecule has 0 bridgehead atoms. The number of sulfonamides is 1. The van der Waals surface area contributed by atoms with E-state index in [4.69, 9.17) is 4.74 Å². The Morgan fingerprint density at radius 1 is 1.43 bits per heavy atom. The van der Waals surface area contributed by atoms with E-state index in [-0.39, 0.29) is 10.8 Å². The van der Waals surface area contributed by atoms with Crippen LogP contribution in [0.2, 0.25) is 0 Å². The summed E-state index contributed by atoms with van der Waals surface area (Å²) >= 11 is 0. The third kappa shape index (κ3) is 4.18. The van der Waals surface area contributed by atoms with Gasteiger partial charge >= 0.3 is 5.97 Å². The first-order valence-corrected chi connectivity index (χ1v) is 8.11. The zero-order valence-corrected chi connectivity index (χ0v) is 13.4. The van der Waals surface area contributed by atoms with E-state index in [1.165, 1.54) is 19.2 Å². The Hall–Kier alpha value is -1.60. The van der Waals surface area contributed by atoms with Gasteiger partial charge in [-0.3, -0.25) is 4.79 Å². The van der Waals surface area contributed by atoms with Crippen molar-refractivity contribution in [1.29, 1.82) is 0 Å². The monoisotopic (exact) mass is 315 g/mol. The van der Waals surface area contributed by atoms with Gasteiger partial charge in [-0.1, -0.05) is 20.3 Å². The summed E-state index contributed by atoms with van der Waals surface area (Å²) in [5.74, 6) is -0.916. The number of ether oxygens (including phenoxy) is 1. The molecule has 0 radical (unpaired) electrons. The fourth-order valence-electron chi connectivity index (χ4n) is 1.90. The molecule has 0 spiro atoms. The molecule has 2 atom stereocenters. The quantitative estimate of drug-likeness (QED) is 0.800. The van der Waals surface area contributed by atoms with Crippen molar-refractivity contribution in [2.24, 2.45) is 5.92 Å². The van der Waals surface area contributed by atoms with Gasteiger partial charge in [-0.25, -0.2) is 8.42 Å². The van der Waals surface area contributed by atoms with Crippen molar-refractivity contribution in [3.63, 3.8) is 0 Å².